The summed E-state index contributed by atoms with van der Waals surface area (Å²) in [4.78, 5) is 21.4. The molecule has 34 heavy (non-hydrogen) atoms. The van der Waals surface area contributed by atoms with E-state index in [0.29, 0.717) is 17.6 Å². The number of hydrogen-bond donors (Lipinski definition) is 2. The zero-order valence-corrected chi connectivity index (χ0v) is 18.8. The van der Waals surface area contributed by atoms with Gasteiger partial charge in [-0.05, 0) is 60.7 Å². The van der Waals surface area contributed by atoms with Crippen LogP contribution in [0.3, 0.4) is 0 Å². The number of halogens is 1. The smallest absolute Gasteiger partial charge is 0.162 e. The van der Waals surface area contributed by atoms with E-state index >= 15 is 0 Å². The van der Waals surface area contributed by atoms with Crippen molar-refractivity contribution in [2.24, 2.45) is 0 Å². The van der Waals surface area contributed by atoms with E-state index in [2.05, 4.69) is 25.5 Å². The second-order valence-electron chi connectivity index (χ2n) is 8.92. The van der Waals surface area contributed by atoms with Gasteiger partial charge in [-0.25, -0.2) is 19.3 Å². The van der Waals surface area contributed by atoms with Gasteiger partial charge in [0.15, 0.2) is 5.82 Å². The third-order valence-corrected chi connectivity index (χ3v) is 6.71. The summed E-state index contributed by atoms with van der Waals surface area (Å²) in [6.07, 6.45) is 9.27. The summed E-state index contributed by atoms with van der Waals surface area (Å²) in [5, 5.41) is 7.81. The van der Waals surface area contributed by atoms with Gasteiger partial charge in [-0.15, -0.1) is 0 Å². The third kappa shape index (κ3) is 4.05. The van der Waals surface area contributed by atoms with Crippen molar-refractivity contribution >= 4 is 28.2 Å². The van der Waals surface area contributed by atoms with Crippen LogP contribution in [-0.2, 0) is 0 Å². The van der Waals surface area contributed by atoms with Gasteiger partial charge in [0, 0.05) is 55.2 Å². The number of fused-ring (bicyclic) bond motifs is 1. The number of rotatable bonds is 5. The van der Waals surface area contributed by atoms with Crippen LogP contribution in [0.1, 0.15) is 30.7 Å². The molecule has 0 atom stereocenters. The fourth-order valence-electron chi connectivity index (χ4n) is 4.67. The van der Waals surface area contributed by atoms with E-state index in [1.807, 2.05) is 24.5 Å². The van der Waals surface area contributed by atoms with Gasteiger partial charge in [0.05, 0.1) is 11.7 Å². The number of nitrogens with zero attached hydrogens (tertiary/aromatic N) is 5. The number of benzene rings is 1. The van der Waals surface area contributed by atoms with Gasteiger partial charge in [0.2, 0.25) is 0 Å². The SMILES string of the molecule is Fc1ccc(Nc2cc(-c3nc(N4CCNCC4)c4c(C5CCC5)cncc4n3)ccn2)cc1. The molecule has 8 heteroatoms. The molecule has 1 saturated carbocycles. The molecule has 0 amide bonds. The van der Waals surface area contributed by atoms with Crippen LogP contribution in [0.25, 0.3) is 22.3 Å². The Hall–Kier alpha value is -3.65. The predicted octanol–water partition coefficient (Wildman–Crippen LogP) is 4.65. The van der Waals surface area contributed by atoms with E-state index in [0.717, 1.165) is 54.2 Å². The summed E-state index contributed by atoms with van der Waals surface area (Å²) < 4.78 is 13.3. The van der Waals surface area contributed by atoms with Crippen LogP contribution >= 0.6 is 0 Å². The van der Waals surface area contributed by atoms with Crippen LogP contribution in [0.4, 0.5) is 21.7 Å². The Bertz CT molecular complexity index is 1310. The molecule has 2 fully saturated rings. The Morgan fingerprint density at radius 2 is 1.82 bits per heavy atom. The summed E-state index contributed by atoms with van der Waals surface area (Å²) in [5.41, 5.74) is 3.79. The van der Waals surface area contributed by atoms with E-state index in [-0.39, 0.29) is 5.82 Å². The van der Waals surface area contributed by atoms with Crippen molar-refractivity contribution in [2.75, 3.05) is 36.4 Å². The number of hydrogen-bond acceptors (Lipinski definition) is 7. The highest BCUT2D eigenvalue weighted by atomic mass is 19.1. The molecule has 1 aromatic carbocycles. The maximum atomic E-state index is 13.3. The van der Waals surface area contributed by atoms with Crippen LogP contribution in [-0.4, -0.2) is 46.1 Å². The molecule has 7 nitrogen and oxygen atoms in total. The van der Waals surface area contributed by atoms with Crippen molar-refractivity contribution < 1.29 is 4.39 Å². The van der Waals surface area contributed by atoms with Gasteiger partial charge in [0.25, 0.3) is 0 Å². The molecule has 4 aromatic rings. The normalized spacial score (nSPS) is 16.4. The molecule has 172 valence electrons. The van der Waals surface area contributed by atoms with E-state index in [9.17, 15) is 4.39 Å². The highest BCUT2D eigenvalue weighted by molar-refractivity contribution is 5.94. The molecule has 4 heterocycles. The molecule has 0 unspecified atom stereocenters. The van der Waals surface area contributed by atoms with Crippen molar-refractivity contribution in [1.29, 1.82) is 0 Å². The van der Waals surface area contributed by atoms with Crippen LogP contribution in [0.2, 0.25) is 0 Å². The number of pyridine rings is 2. The zero-order valence-electron chi connectivity index (χ0n) is 18.8. The molecule has 2 N–H and O–H groups in total. The number of anilines is 3. The molecule has 0 bridgehead atoms. The lowest BCUT2D eigenvalue weighted by Gasteiger charge is -2.32. The summed E-state index contributed by atoms with van der Waals surface area (Å²) in [6, 6.07) is 10.1. The van der Waals surface area contributed by atoms with Crippen molar-refractivity contribution in [1.82, 2.24) is 25.3 Å². The van der Waals surface area contributed by atoms with Gasteiger partial charge >= 0.3 is 0 Å². The quantitative estimate of drug-likeness (QED) is 0.454. The van der Waals surface area contributed by atoms with E-state index in [4.69, 9.17) is 9.97 Å². The predicted molar refractivity (Wildman–Crippen MR) is 132 cm³/mol. The fraction of sp³-hybridized carbons (Fsp3) is 0.308. The molecule has 1 aliphatic heterocycles. The summed E-state index contributed by atoms with van der Waals surface area (Å²) in [6.45, 7) is 3.69. The zero-order chi connectivity index (χ0) is 22.9. The number of aromatic nitrogens is 4. The molecule has 6 rings (SSSR count). The first-order valence-corrected chi connectivity index (χ1v) is 11.8. The lowest BCUT2D eigenvalue weighted by Crippen LogP contribution is -2.44. The fourth-order valence-corrected chi connectivity index (χ4v) is 4.67. The molecule has 1 aliphatic carbocycles. The Balaban J connectivity index is 1.43. The van der Waals surface area contributed by atoms with Gasteiger partial charge in [-0.2, -0.15) is 0 Å². The van der Waals surface area contributed by atoms with Crippen molar-refractivity contribution in [3.05, 3.63) is 66.4 Å². The molecule has 1 saturated heterocycles. The van der Waals surface area contributed by atoms with E-state index in [1.165, 1.54) is 37.0 Å². The first-order valence-electron chi connectivity index (χ1n) is 11.8. The molecule has 0 spiro atoms. The Morgan fingerprint density at radius 1 is 1.00 bits per heavy atom. The van der Waals surface area contributed by atoms with Crippen LogP contribution in [0.15, 0.2) is 55.0 Å². The molecule has 0 radical (unpaired) electrons. The Labute approximate surface area is 197 Å². The maximum Gasteiger partial charge on any atom is 0.162 e. The van der Waals surface area contributed by atoms with Crippen LogP contribution in [0.5, 0.6) is 0 Å². The van der Waals surface area contributed by atoms with Gasteiger partial charge in [-0.3, -0.25) is 4.98 Å². The molecule has 2 aliphatic rings. The first-order chi connectivity index (χ1) is 16.7. The van der Waals surface area contributed by atoms with Crippen molar-refractivity contribution in [3.63, 3.8) is 0 Å². The summed E-state index contributed by atoms with van der Waals surface area (Å²) in [7, 11) is 0. The lowest BCUT2D eigenvalue weighted by molar-refractivity contribution is 0.421. The van der Waals surface area contributed by atoms with Crippen molar-refractivity contribution in [2.45, 2.75) is 25.2 Å². The number of piperazine rings is 1. The Kier molecular flexibility index (Phi) is 5.50. The minimum atomic E-state index is -0.271. The maximum absolute atomic E-state index is 13.3. The Morgan fingerprint density at radius 3 is 2.59 bits per heavy atom. The standard InChI is InChI=1S/C26H26FN7/c27-19-4-6-20(7-5-19)31-23-14-18(8-9-30-23)25-32-22-16-29-15-21(17-2-1-3-17)24(22)26(33-25)34-12-10-28-11-13-34/h4-9,14-17,28H,1-3,10-13H2,(H,30,31). The first kappa shape index (κ1) is 20.9. The minimum Gasteiger partial charge on any atom is -0.353 e. The monoisotopic (exact) mass is 455 g/mol. The minimum absolute atomic E-state index is 0.271. The average molecular weight is 456 g/mol. The van der Waals surface area contributed by atoms with E-state index < -0.39 is 0 Å². The van der Waals surface area contributed by atoms with E-state index in [1.54, 1.807) is 18.3 Å². The van der Waals surface area contributed by atoms with Gasteiger partial charge in [-0.1, -0.05) is 6.42 Å². The topological polar surface area (TPSA) is 78.9 Å². The third-order valence-electron chi connectivity index (χ3n) is 6.71. The second kappa shape index (κ2) is 8.95. The van der Waals surface area contributed by atoms with Crippen molar-refractivity contribution in [3.8, 4) is 11.4 Å². The highest BCUT2D eigenvalue weighted by Crippen LogP contribution is 2.42. The average Bonchev–Trinajstić information content (AvgIpc) is 2.85. The lowest BCUT2D eigenvalue weighted by atomic mass is 9.79. The molecular weight excluding hydrogens is 429 g/mol. The number of nitrogens with one attached hydrogen (secondary N) is 2. The van der Waals surface area contributed by atoms with Crippen LogP contribution < -0.4 is 15.5 Å². The van der Waals surface area contributed by atoms with Gasteiger partial charge < -0.3 is 15.5 Å². The van der Waals surface area contributed by atoms with Gasteiger partial charge in [0.1, 0.15) is 17.5 Å². The van der Waals surface area contributed by atoms with Crippen LogP contribution in [0, 0.1) is 5.82 Å². The molecule has 3 aromatic heterocycles. The molecular formula is C26H26FN7. The highest BCUT2D eigenvalue weighted by Gasteiger charge is 2.26. The summed E-state index contributed by atoms with van der Waals surface area (Å²) >= 11 is 0. The second-order valence-corrected chi connectivity index (χ2v) is 8.92. The summed E-state index contributed by atoms with van der Waals surface area (Å²) in [5.74, 6) is 2.57. The largest absolute Gasteiger partial charge is 0.353 e.